The van der Waals surface area contributed by atoms with Crippen LogP contribution in [0.3, 0.4) is 0 Å². The lowest BCUT2D eigenvalue weighted by Crippen LogP contribution is -2.53. The summed E-state index contributed by atoms with van der Waals surface area (Å²) in [4.78, 5) is 36.8. The second-order valence-corrected chi connectivity index (χ2v) is 8.60. The largest absolute Gasteiger partial charge is 0.481 e. The lowest BCUT2D eigenvalue weighted by Gasteiger charge is -2.36. The highest BCUT2D eigenvalue weighted by Gasteiger charge is 2.35. The Hall–Kier alpha value is -3.35. The Kier molecular flexibility index (Phi) is 6.44. The van der Waals surface area contributed by atoms with Crippen LogP contribution < -0.4 is 5.32 Å². The van der Waals surface area contributed by atoms with Crippen LogP contribution >= 0.6 is 0 Å². The van der Waals surface area contributed by atoms with Crippen molar-refractivity contribution in [3.63, 3.8) is 0 Å². The van der Waals surface area contributed by atoms with Crippen molar-refractivity contribution in [3.05, 3.63) is 59.7 Å². The summed E-state index contributed by atoms with van der Waals surface area (Å²) in [7, 11) is 0. The predicted octanol–water partition coefficient (Wildman–Crippen LogP) is 3.63. The van der Waals surface area contributed by atoms with E-state index in [1.54, 1.807) is 4.90 Å². The van der Waals surface area contributed by atoms with Crippen molar-refractivity contribution in [1.29, 1.82) is 0 Å². The summed E-state index contributed by atoms with van der Waals surface area (Å²) in [5.74, 6) is -1.30. The number of aliphatic carboxylic acids is 1. The van der Waals surface area contributed by atoms with E-state index >= 15 is 0 Å². The predicted molar refractivity (Wildman–Crippen MR) is 119 cm³/mol. The number of nitrogens with zero attached hydrogens (tertiary/aromatic N) is 1. The molecule has 7 nitrogen and oxygen atoms in total. The molecular formula is C25H28N2O5. The van der Waals surface area contributed by atoms with Crippen LogP contribution in [0.1, 0.15) is 43.2 Å². The minimum atomic E-state index is -0.852. The Morgan fingerprint density at radius 3 is 2.25 bits per heavy atom. The van der Waals surface area contributed by atoms with Gasteiger partial charge in [-0.25, -0.2) is 4.79 Å². The van der Waals surface area contributed by atoms with Crippen LogP contribution in [-0.2, 0) is 14.3 Å². The van der Waals surface area contributed by atoms with Gasteiger partial charge in [-0.2, -0.15) is 0 Å². The third-order valence-corrected chi connectivity index (χ3v) is 6.32. The Bertz CT molecular complexity index is 969. The highest BCUT2D eigenvalue weighted by molar-refractivity contribution is 5.81. The van der Waals surface area contributed by atoms with Crippen molar-refractivity contribution in [2.24, 2.45) is 5.92 Å². The molecule has 1 aliphatic heterocycles. The van der Waals surface area contributed by atoms with E-state index in [4.69, 9.17) is 9.84 Å². The molecule has 1 unspecified atom stereocenters. The van der Waals surface area contributed by atoms with Gasteiger partial charge in [0.1, 0.15) is 6.61 Å². The molecule has 2 amide bonds. The maximum absolute atomic E-state index is 12.3. The minimum Gasteiger partial charge on any atom is -0.481 e. The molecule has 1 fully saturated rings. The zero-order valence-corrected chi connectivity index (χ0v) is 18.1. The monoisotopic (exact) mass is 436 g/mol. The number of ether oxygens (including phenoxy) is 1. The normalized spacial score (nSPS) is 16.0. The molecule has 0 radical (unpaired) electrons. The first-order valence-corrected chi connectivity index (χ1v) is 11.1. The van der Waals surface area contributed by atoms with Gasteiger partial charge in [-0.15, -0.1) is 0 Å². The van der Waals surface area contributed by atoms with Gasteiger partial charge >= 0.3 is 12.1 Å². The fraction of sp³-hybridized carbons (Fsp3) is 0.400. The summed E-state index contributed by atoms with van der Waals surface area (Å²) in [6.45, 7) is 2.74. The molecule has 2 aromatic carbocycles. The number of hydrogen-bond donors (Lipinski definition) is 2. The van der Waals surface area contributed by atoms with Gasteiger partial charge < -0.3 is 20.1 Å². The Balaban J connectivity index is 1.20. The number of nitrogens with one attached hydrogen (secondary N) is 1. The molecule has 0 aromatic heterocycles. The molecule has 1 atom stereocenters. The van der Waals surface area contributed by atoms with E-state index in [-0.39, 0.29) is 24.5 Å². The maximum Gasteiger partial charge on any atom is 0.407 e. The maximum atomic E-state index is 12.3. The molecule has 2 N–H and O–H groups in total. The fourth-order valence-electron chi connectivity index (χ4n) is 4.47. The van der Waals surface area contributed by atoms with E-state index in [2.05, 4.69) is 29.6 Å². The van der Waals surface area contributed by atoms with Gasteiger partial charge in [-0.1, -0.05) is 48.5 Å². The zero-order chi connectivity index (χ0) is 22.7. The van der Waals surface area contributed by atoms with Crippen LogP contribution in [0.4, 0.5) is 4.79 Å². The lowest BCUT2D eigenvalue weighted by atomic mass is 9.98. The molecule has 0 saturated carbocycles. The van der Waals surface area contributed by atoms with Crippen LogP contribution in [0.25, 0.3) is 11.1 Å². The van der Waals surface area contributed by atoms with Crippen molar-refractivity contribution in [2.75, 3.05) is 19.7 Å². The van der Waals surface area contributed by atoms with Crippen LogP contribution in [0, 0.1) is 5.92 Å². The number of carbonyl (C=O) groups is 3. The van der Waals surface area contributed by atoms with Crippen LogP contribution in [0.5, 0.6) is 0 Å². The van der Waals surface area contributed by atoms with E-state index in [0.29, 0.717) is 32.4 Å². The van der Waals surface area contributed by atoms with Gasteiger partial charge in [0.05, 0.1) is 5.92 Å². The third kappa shape index (κ3) is 4.61. The first-order chi connectivity index (χ1) is 15.4. The fourth-order valence-corrected chi connectivity index (χ4v) is 4.47. The molecule has 4 rings (SSSR count). The number of carbonyl (C=O) groups excluding carboxylic acids is 2. The van der Waals surface area contributed by atoms with Crippen molar-refractivity contribution >= 4 is 18.0 Å². The molecule has 2 aromatic rings. The number of fused-ring (bicyclic) bond motifs is 3. The molecule has 0 bridgehead atoms. The van der Waals surface area contributed by atoms with Gasteiger partial charge in [0, 0.05) is 31.5 Å². The van der Waals surface area contributed by atoms with E-state index in [1.165, 1.54) is 22.3 Å². The van der Waals surface area contributed by atoms with Gasteiger partial charge in [-0.05, 0) is 42.0 Å². The van der Waals surface area contributed by atoms with Crippen LogP contribution in [-0.4, -0.2) is 53.7 Å². The molecule has 7 heteroatoms. The Morgan fingerprint density at radius 1 is 1.06 bits per heavy atom. The summed E-state index contributed by atoms with van der Waals surface area (Å²) >= 11 is 0. The van der Waals surface area contributed by atoms with Crippen molar-refractivity contribution in [1.82, 2.24) is 10.2 Å². The summed E-state index contributed by atoms with van der Waals surface area (Å²) in [6.07, 6.45) is 1.16. The summed E-state index contributed by atoms with van der Waals surface area (Å²) in [6, 6.07) is 16.3. The smallest absolute Gasteiger partial charge is 0.407 e. The SMILES string of the molecule is CC(CCCC(=O)N1CC(C(=O)O)C1)NC(=O)OCC1c2ccccc2-c2ccccc21. The topological polar surface area (TPSA) is 95.9 Å². The number of amides is 2. The molecule has 0 spiro atoms. The standard InChI is InChI=1S/C25H28N2O5/c1-16(7-6-12-23(28)27-13-17(14-27)24(29)30)26-25(31)32-15-22-20-10-4-2-8-18(20)19-9-3-5-11-21(19)22/h2-5,8-11,16-17,22H,6-7,12-15H2,1H3,(H,26,31)(H,29,30). The first kappa shape index (κ1) is 21.9. The number of hydrogen-bond acceptors (Lipinski definition) is 4. The Morgan fingerprint density at radius 2 is 1.66 bits per heavy atom. The average Bonchev–Trinajstić information content (AvgIpc) is 3.05. The van der Waals surface area contributed by atoms with Gasteiger partial charge in [-0.3, -0.25) is 9.59 Å². The molecule has 32 heavy (non-hydrogen) atoms. The summed E-state index contributed by atoms with van der Waals surface area (Å²) in [5.41, 5.74) is 4.72. The van der Waals surface area contributed by atoms with E-state index in [9.17, 15) is 14.4 Å². The van der Waals surface area contributed by atoms with Crippen molar-refractivity contribution in [3.8, 4) is 11.1 Å². The first-order valence-electron chi connectivity index (χ1n) is 11.1. The van der Waals surface area contributed by atoms with Crippen LogP contribution in [0.15, 0.2) is 48.5 Å². The second kappa shape index (κ2) is 9.42. The number of likely N-dealkylation sites (tertiary alicyclic amines) is 1. The number of carboxylic acids is 1. The lowest BCUT2D eigenvalue weighted by molar-refractivity contribution is -0.152. The zero-order valence-electron chi connectivity index (χ0n) is 18.1. The minimum absolute atomic E-state index is 0.0206. The Labute approximate surface area is 187 Å². The van der Waals surface area contributed by atoms with E-state index in [1.807, 2.05) is 31.2 Å². The molecule has 1 aliphatic carbocycles. The summed E-state index contributed by atoms with van der Waals surface area (Å²) in [5, 5.41) is 11.7. The highest BCUT2D eigenvalue weighted by Crippen LogP contribution is 2.44. The molecule has 168 valence electrons. The second-order valence-electron chi connectivity index (χ2n) is 8.60. The third-order valence-electron chi connectivity index (χ3n) is 6.32. The van der Waals surface area contributed by atoms with Crippen molar-refractivity contribution < 1.29 is 24.2 Å². The molecule has 2 aliphatic rings. The van der Waals surface area contributed by atoms with E-state index in [0.717, 1.165) is 0 Å². The number of rotatable bonds is 8. The average molecular weight is 437 g/mol. The summed E-state index contributed by atoms with van der Waals surface area (Å²) < 4.78 is 5.56. The van der Waals surface area contributed by atoms with E-state index < -0.39 is 18.0 Å². The number of carboxylic acid groups (broad SMARTS) is 1. The highest BCUT2D eigenvalue weighted by atomic mass is 16.5. The van der Waals surface area contributed by atoms with Crippen molar-refractivity contribution in [2.45, 2.75) is 38.1 Å². The molecular weight excluding hydrogens is 408 g/mol. The molecule has 1 heterocycles. The number of benzene rings is 2. The van der Waals surface area contributed by atoms with Crippen LogP contribution in [0.2, 0.25) is 0 Å². The number of alkyl carbamates (subject to hydrolysis) is 1. The van der Waals surface area contributed by atoms with Gasteiger partial charge in [0.25, 0.3) is 0 Å². The molecule has 1 saturated heterocycles. The quantitative estimate of drug-likeness (QED) is 0.659. The van der Waals surface area contributed by atoms with Gasteiger partial charge in [0.15, 0.2) is 0 Å². The van der Waals surface area contributed by atoms with Gasteiger partial charge in [0.2, 0.25) is 5.91 Å².